The molecule has 0 saturated carbocycles. The molecule has 0 radical (unpaired) electrons. The van der Waals surface area contributed by atoms with Crippen LogP contribution in [0.25, 0.3) is 22.5 Å². The lowest BCUT2D eigenvalue weighted by Gasteiger charge is -2.14. The van der Waals surface area contributed by atoms with E-state index in [-0.39, 0.29) is 24.1 Å². The highest BCUT2D eigenvalue weighted by molar-refractivity contribution is 6.38. The number of carbonyl (C=O) groups excluding carboxylic acids is 1. The van der Waals surface area contributed by atoms with Crippen LogP contribution in [0.3, 0.4) is 0 Å². The number of aromatic amines is 1. The highest BCUT2D eigenvalue weighted by atomic mass is 16.5. The average molecular weight is 408 g/mol. The van der Waals surface area contributed by atoms with Crippen LogP contribution in [0.1, 0.15) is 37.2 Å². The molecule has 156 valence electrons. The number of aryl methyl sites for hydroxylation is 1. The first-order valence-electron chi connectivity index (χ1n) is 10.2. The van der Waals surface area contributed by atoms with Gasteiger partial charge in [-0.05, 0) is 50.5 Å². The summed E-state index contributed by atoms with van der Waals surface area (Å²) in [4.78, 5) is 24.7. The van der Waals surface area contributed by atoms with Crippen molar-refractivity contribution in [2.75, 3.05) is 13.2 Å². The second-order valence-corrected chi connectivity index (χ2v) is 7.88. The highest BCUT2D eigenvalue weighted by Crippen LogP contribution is 2.30. The molecule has 0 bridgehead atoms. The van der Waals surface area contributed by atoms with Crippen molar-refractivity contribution in [3.05, 3.63) is 35.7 Å². The molecule has 1 amide bonds. The van der Waals surface area contributed by atoms with Gasteiger partial charge in [0.2, 0.25) is 0 Å². The molecular formula is C21H24N6O3. The fraction of sp³-hybridized carbons (Fsp3) is 0.429. The van der Waals surface area contributed by atoms with Crippen molar-refractivity contribution < 1.29 is 14.1 Å². The summed E-state index contributed by atoms with van der Waals surface area (Å²) in [5.74, 6) is 1.25. The number of nitrogens with zero attached hydrogens (tertiary/aromatic N) is 3. The maximum absolute atomic E-state index is 12.5. The molecule has 9 nitrogen and oxygen atoms in total. The predicted octanol–water partition coefficient (Wildman–Crippen LogP) is 2.25. The smallest absolute Gasteiger partial charge is 0.286 e. The van der Waals surface area contributed by atoms with Gasteiger partial charge in [0, 0.05) is 24.1 Å². The molecule has 1 fully saturated rings. The fourth-order valence-corrected chi connectivity index (χ4v) is 4.02. The summed E-state index contributed by atoms with van der Waals surface area (Å²) in [5.41, 5.74) is 2.79. The number of carbonyl (C=O) groups is 1. The van der Waals surface area contributed by atoms with E-state index in [0.717, 1.165) is 41.6 Å². The summed E-state index contributed by atoms with van der Waals surface area (Å²) in [7, 11) is 0. The van der Waals surface area contributed by atoms with Gasteiger partial charge in [-0.2, -0.15) is 4.98 Å². The molecular weight excluding hydrogens is 384 g/mol. The summed E-state index contributed by atoms with van der Waals surface area (Å²) in [6, 6.07) is 7.98. The van der Waals surface area contributed by atoms with Gasteiger partial charge in [-0.15, -0.1) is 0 Å². The van der Waals surface area contributed by atoms with E-state index in [0.29, 0.717) is 24.1 Å². The van der Waals surface area contributed by atoms with Crippen LogP contribution in [0.15, 0.2) is 33.8 Å². The molecule has 30 heavy (non-hydrogen) atoms. The van der Waals surface area contributed by atoms with Crippen molar-refractivity contribution in [1.82, 2.24) is 25.8 Å². The first-order valence-corrected chi connectivity index (χ1v) is 10.2. The zero-order chi connectivity index (χ0) is 20.7. The van der Waals surface area contributed by atoms with Gasteiger partial charge in [0.15, 0.2) is 11.7 Å². The normalized spacial score (nSPS) is 23.5. The van der Waals surface area contributed by atoms with Gasteiger partial charge in [-0.25, -0.2) is 0 Å². The van der Waals surface area contributed by atoms with Gasteiger partial charge in [0.25, 0.3) is 11.8 Å². The minimum Gasteiger partial charge on any atom is -0.376 e. The number of ether oxygens (including phenoxy) is 1. The first-order chi connectivity index (χ1) is 14.6. The summed E-state index contributed by atoms with van der Waals surface area (Å²) in [6.45, 7) is 5.11. The average Bonchev–Trinajstić information content (AvgIpc) is 3.51. The van der Waals surface area contributed by atoms with Crippen molar-refractivity contribution in [2.45, 2.75) is 44.9 Å². The van der Waals surface area contributed by atoms with Crippen molar-refractivity contribution in [2.24, 2.45) is 4.99 Å². The predicted molar refractivity (Wildman–Crippen MR) is 111 cm³/mol. The van der Waals surface area contributed by atoms with Gasteiger partial charge >= 0.3 is 0 Å². The van der Waals surface area contributed by atoms with Gasteiger partial charge in [-0.3, -0.25) is 9.79 Å². The zero-order valence-electron chi connectivity index (χ0n) is 16.9. The number of H-pyrrole nitrogens is 1. The number of hydrogen-bond donors (Lipinski definition) is 3. The molecule has 4 heterocycles. The van der Waals surface area contributed by atoms with Crippen LogP contribution in [-0.2, 0) is 9.53 Å². The Morgan fingerprint density at radius 2 is 2.23 bits per heavy atom. The summed E-state index contributed by atoms with van der Waals surface area (Å²) in [5, 5.41) is 11.0. The van der Waals surface area contributed by atoms with Crippen LogP contribution < -0.4 is 10.6 Å². The van der Waals surface area contributed by atoms with E-state index in [1.165, 1.54) is 0 Å². The third kappa shape index (κ3) is 3.56. The standard InChI is InChI=1S/C21H24N6O3/c1-11-18(26-19(23-11)20(28)22-10-15-4-3-7-29-15)13-5-6-16-14(8-13)9-17(25-16)21-24-12(2)27-30-21/h5-6,8-9,11,15,18,25H,3-4,7,10H2,1-2H3,(H,22,28)(H,23,26). The number of rotatable bonds is 5. The topological polar surface area (TPSA) is 117 Å². The molecule has 5 rings (SSSR count). The minimum absolute atomic E-state index is 0.0166. The van der Waals surface area contributed by atoms with E-state index < -0.39 is 0 Å². The summed E-state index contributed by atoms with van der Waals surface area (Å²) < 4.78 is 10.8. The van der Waals surface area contributed by atoms with Crippen molar-refractivity contribution in [3.8, 4) is 11.6 Å². The van der Waals surface area contributed by atoms with Crippen molar-refractivity contribution in [1.29, 1.82) is 0 Å². The summed E-state index contributed by atoms with van der Waals surface area (Å²) in [6.07, 6.45) is 2.15. The number of aliphatic imine (C=N–C) groups is 1. The molecule has 1 saturated heterocycles. The number of amidine groups is 1. The quantitative estimate of drug-likeness (QED) is 0.596. The van der Waals surface area contributed by atoms with E-state index in [4.69, 9.17) is 9.26 Å². The Balaban J connectivity index is 1.34. The van der Waals surface area contributed by atoms with E-state index in [1.54, 1.807) is 6.92 Å². The molecule has 9 heteroatoms. The number of aromatic nitrogens is 3. The van der Waals surface area contributed by atoms with Crippen molar-refractivity contribution >= 4 is 22.6 Å². The maximum Gasteiger partial charge on any atom is 0.286 e. The molecule has 3 aromatic rings. The Labute approximate surface area is 173 Å². The fourth-order valence-electron chi connectivity index (χ4n) is 4.02. The van der Waals surface area contributed by atoms with Crippen LogP contribution in [0, 0.1) is 6.92 Å². The lowest BCUT2D eigenvalue weighted by Crippen LogP contribution is -2.42. The van der Waals surface area contributed by atoms with Crippen LogP contribution >= 0.6 is 0 Å². The van der Waals surface area contributed by atoms with Gasteiger partial charge in [0.05, 0.1) is 18.2 Å². The minimum atomic E-state index is -0.184. The lowest BCUT2D eigenvalue weighted by atomic mass is 10.0. The Hall–Kier alpha value is -3.20. The molecule has 3 N–H and O–H groups in total. The molecule has 0 aliphatic carbocycles. The van der Waals surface area contributed by atoms with Crippen LogP contribution in [0.4, 0.5) is 0 Å². The second-order valence-electron chi connectivity index (χ2n) is 7.88. The Morgan fingerprint density at radius 3 is 3.00 bits per heavy atom. The molecule has 0 spiro atoms. The lowest BCUT2D eigenvalue weighted by molar-refractivity contribution is -0.115. The number of hydrogen-bond acceptors (Lipinski definition) is 7. The molecule has 2 aromatic heterocycles. The van der Waals surface area contributed by atoms with Gasteiger partial charge < -0.3 is 24.9 Å². The molecule has 3 atom stereocenters. The van der Waals surface area contributed by atoms with Crippen molar-refractivity contribution in [3.63, 3.8) is 0 Å². The number of benzene rings is 1. The Morgan fingerprint density at radius 1 is 1.33 bits per heavy atom. The Bertz CT molecular complexity index is 1110. The second kappa shape index (κ2) is 7.56. The maximum atomic E-state index is 12.5. The summed E-state index contributed by atoms with van der Waals surface area (Å²) >= 11 is 0. The molecule has 2 aliphatic rings. The molecule has 2 aliphatic heterocycles. The number of nitrogens with one attached hydrogen (secondary N) is 3. The first kappa shape index (κ1) is 18.8. The third-order valence-corrected chi connectivity index (χ3v) is 5.58. The van der Waals surface area contributed by atoms with E-state index in [1.807, 2.05) is 25.1 Å². The molecule has 3 unspecified atom stereocenters. The van der Waals surface area contributed by atoms with E-state index in [9.17, 15) is 4.79 Å². The van der Waals surface area contributed by atoms with Crippen LogP contribution in [-0.4, -0.2) is 52.2 Å². The number of amides is 1. The van der Waals surface area contributed by atoms with E-state index in [2.05, 4.69) is 36.8 Å². The monoisotopic (exact) mass is 408 g/mol. The SMILES string of the molecule is Cc1noc(-c2cc3cc(C4N=C(C(=O)NCC5CCCO5)NC4C)ccc3[nH]2)n1. The molecule has 1 aromatic carbocycles. The largest absolute Gasteiger partial charge is 0.376 e. The highest BCUT2D eigenvalue weighted by Gasteiger charge is 2.30. The third-order valence-electron chi connectivity index (χ3n) is 5.58. The van der Waals surface area contributed by atoms with Crippen LogP contribution in [0.2, 0.25) is 0 Å². The van der Waals surface area contributed by atoms with E-state index >= 15 is 0 Å². The van der Waals surface area contributed by atoms with Gasteiger partial charge in [0.1, 0.15) is 5.69 Å². The van der Waals surface area contributed by atoms with Gasteiger partial charge in [-0.1, -0.05) is 11.2 Å². The van der Waals surface area contributed by atoms with Crippen LogP contribution in [0.5, 0.6) is 0 Å². The Kier molecular flexibility index (Phi) is 4.74. The number of fused-ring (bicyclic) bond motifs is 1. The zero-order valence-corrected chi connectivity index (χ0v) is 16.9.